The molecule has 2 heterocycles. The quantitative estimate of drug-likeness (QED) is 0.688. The van der Waals surface area contributed by atoms with Crippen LogP contribution in [0.3, 0.4) is 0 Å². The van der Waals surface area contributed by atoms with E-state index in [1.165, 1.54) is 17.8 Å². The summed E-state index contributed by atoms with van der Waals surface area (Å²) in [5.74, 6) is 1.23. The maximum atomic E-state index is 4.36. The highest BCUT2D eigenvalue weighted by atomic mass is 15.4. The third-order valence-electron chi connectivity index (χ3n) is 2.52. The summed E-state index contributed by atoms with van der Waals surface area (Å²) in [5, 5.41) is 7.76. The highest BCUT2D eigenvalue weighted by Crippen LogP contribution is 2.25. The van der Waals surface area contributed by atoms with Crippen LogP contribution < -0.4 is 5.32 Å². The molecule has 2 rings (SSSR count). The molecule has 0 aliphatic carbocycles. The second-order valence-electron chi connectivity index (χ2n) is 3.38. The summed E-state index contributed by atoms with van der Waals surface area (Å²) in [7, 11) is 0. The second-order valence-corrected chi connectivity index (χ2v) is 3.38. The maximum Gasteiger partial charge on any atom is 0.127 e. The normalized spacial score (nSPS) is 21.7. The lowest BCUT2D eigenvalue weighted by atomic mass is 10.2. The molecule has 1 atom stereocenters. The minimum absolute atomic E-state index is 0.557. The molecule has 0 fully saturated rings. The zero-order chi connectivity index (χ0) is 8.55. The van der Waals surface area contributed by atoms with Crippen molar-refractivity contribution in [3.8, 4) is 0 Å². The third-order valence-corrected chi connectivity index (χ3v) is 2.52. The molecule has 0 aromatic carbocycles. The summed E-state index contributed by atoms with van der Waals surface area (Å²) in [6, 6.07) is 0.557. The number of hydrogen-bond acceptors (Lipinski definition) is 2. The average molecular weight is 165 g/mol. The highest BCUT2D eigenvalue weighted by Gasteiger charge is 2.18. The Kier molecular flexibility index (Phi) is 1.79. The lowest BCUT2D eigenvalue weighted by Crippen LogP contribution is -2.21. The number of nitrogens with zero attached hydrogens (tertiary/aromatic N) is 2. The molecular weight excluding hydrogens is 150 g/mol. The second kappa shape index (κ2) is 2.81. The third kappa shape index (κ3) is 1.00. The standard InChI is InChI=1S/C9H15N3/c1-3-8-6-11-12-7(2)4-5-10-9(8)12/h6-7,10H,3-5H2,1-2H3. The van der Waals surface area contributed by atoms with Gasteiger partial charge in [-0.25, -0.2) is 4.68 Å². The number of nitrogens with one attached hydrogen (secondary N) is 1. The first-order valence-corrected chi connectivity index (χ1v) is 4.63. The molecule has 0 spiro atoms. The van der Waals surface area contributed by atoms with Gasteiger partial charge in [-0.2, -0.15) is 5.10 Å². The molecular formula is C9H15N3. The Hall–Kier alpha value is -0.990. The Morgan fingerprint density at radius 1 is 1.75 bits per heavy atom. The van der Waals surface area contributed by atoms with Crippen molar-refractivity contribution >= 4 is 5.82 Å². The van der Waals surface area contributed by atoms with Crippen LogP contribution in [0.2, 0.25) is 0 Å². The van der Waals surface area contributed by atoms with Crippen LogP contribution in [0, 0.1) is 0 Å². The molecule has 3 nitrogen and oxygen atoms in total. The molecule has 1 N–H and O–H groups in total. The topological polar surface area (TPSA) is 29.9 Å². The van der Waals surface area contributed by atoms with E-state index in [2.05, 4.69) is 28.9 Å². The van der Waals surface area contributed by atoms with Gasteiger partial charge in [-0.1, -0.05) is 6.92 Å². The summed E-state index contributed by atoms with van der Waals surface area (Å²) < 4.78 is 2.10. The largest absolute Gasteiger partial charge is 0.370 e. The summed E-state index contributed by atoms with van der Waals surface area (Å²) in [6.07, 6.45) is 4.22. The Morgan fingerprint density at radius 2 is 2.58 bits per heavy atom. The SMILES string of the molecule is CCc1cnn2c1NCCC2C. The molecule has 1 unspecified atom stereocenters. The predicted octanol–water partition coefficient (Wildman–Crippen LogP) is 1.82. The zero-order valence-electron chi connectivity index (χ0n) is 7.67. The first-order chi connectivity index (χ1) is 5.83. The summed E-state index contributed by atoms with van der Waals surface area (Å²) in [4.78, 5) is 0. The van der Waals surface area contributed by atoms with Crippen molar-refractivity contribution in [1.29, 1.82) is 0 Å². The molecule has 1 aromatic rings. The fraction of sp³-hybridized carbons (Fsp3) is 0.667. The van der Waals surface area contributed by atoms with E-state index in [4.69, 9.17) is 0 Å². The van der Waals surface area contributed by atoms with Crippen LogP contribution in [0.4, 0.5) is 5.82 Å². The monoisotopic (exact) mass is 165 g/mol. The van der Waals surface area contributed by atoms with Gasteiger partial charge in [0.15, 0.2) is 0 Å². The van der Waals surface area contributed by atoms with Gasteiger partial charge in [0, 0.05) is 12.1 Å². The van der Waals surface area contributed by atoms with Crippen LogP contribution >= 0.6 is 0 Å². The van der Waals surface area contributed by atoms with Crippen molar-refractivity contribution in [2.24, 2.45) is 0 Å². The van der Waals surface area contributed by atoms with Crippen molar-refractivity contribution in [2.45, 2.75) is 32.7 Å². The molecule has 0 bridgehead atoms. The van der Waals surface area contributed by atoms with E-state index in [0.29, 0.717) is 6.04 Å². The van der Waals surface area contributed by atoms with Gasteiger partial charge in [-0.15, -0.1) is 0 Å². The van der Waals surface area contributed by atoms with E-state index in [1.54, 1.807) is 0 Å². The fourth-order valence-electron chi connectivity index (χ4n) is 1.71. The number of aryl methyl sites for hydroxylation is 1. The Morgan fingerprint density at radius 3 is 3.33 bits per heavy atom. The van der Waals surface area contributed by atoms with Crippen LogP contribution in [0.15, 0.2) is 6.20 Å². The Balaban J connectivity index is 2.41. The molecule has 1 aliphatic rings. The van der Waals surface area contributed by atoms with Gasteiger partial charge >= 0.3 is 0 Å². The van der Waals surface area contributed by atoms with Gasteiger partial charge in [-0.05, 0) is 19.8 Å². The van der Waals surface area contributed by atoms with Gasteiger partial charge in [0.1, 0.15) is 5.82 Å². The first kappa shape index (κ1) is 7.65. The van der Waals surface area contributed by atoms with Crippen LogP contribution in [0.1, 0.15) is 31.9 Å². The van der Waals surface area contributed by atoms with Crippen LogP contribution in [0.25, 0.3) is 0 Å². The summed E-state index contributed by atoms with van der Waals surface area (Å²) in [5.41, 5.74) is 1.33. The van der Waals surface area contributed by atoms with E-state index in [0.717, 1.165) is 13.0 Å². The van der Waals surface area contributed by atoms with Crippen molar-refractivity contribution in [3.63, 3.8) is 0 Å². The van der Waals surface area contributed by atoms with E-state index >= 15 is 0 Å². The average Bonchev–Trinajstić information content (AvgIpc) is 2.49. The number of hydrogen-bond donors (Lipinski definition) is 1. The number of aromatic nitrogens is 2. The zero-order valence-corrected chi connectivity index (χ0v) is 7.67. The van der Waals surface area contributed by atoms with E-state index in [1.807, 2.05) is 6.20 Å². The molecule has 0 radical (unpaired) electrons. The minimum atomic E-state index is 0.557. The van der Waals surface area contributed by atoms with Crippen LogP contribution in [0.5, 0.6) is 0 Å². The van der Waals surface area contributed by atoms with Crippen molar-refractivity contribution in [3.05, 3.63) is 11.8 Å². The molecule has 12 heavy (non-hydrogen) atoms. The maximum absolute atomic E-state index is 4.36. The van der Waals surface area contributed by atoms with Gasteiger partial charge in [0.2, 0.25) is 0 Å². The first-order valence-electron chi connectivity index (χ1n) is 4.63. The van der Waals surface area contributed by atoms with Gasteiger partial charge < -0.3 is 5.32 Å². The molecule has 1 aromatic heterocycles. The van der Waals surface area contributed by atoms with Gasteiger partial charge in [0.25, 0.3) is 0 Å². The van der Waals surface area contributed by atoms with E-state index in [9.17, 15) is 0 Å². The Labute approximate surface area is 72.8 Å². The van der Waals surface area contributed by atoms with Gasteiger partial charge in [-0.3, -0.25) is 0 Å². The molecule has 3 heteroatoms. The fourth-order valence-corrected chi connectivity index (χ4v) is 1.71. The van der Waals surface area contributed by atoms with Crippen LogP contribution in [-0.4, -0.2) is 16.3 Å². The smallest absolute Gasteiger partial charge is 0.127 e. The molecule has 66 valence electrons. The van der Waals surface area contributed by atoms with Gasteiger partial charge in [0.05, 0.1) is 12.2 Å². The van der Waals surface area contributed by atoms with Crippen molar-refractivity contribution in [2.75, 3.05) is 11.9 Å². The van der Waals surface area contributed by atoms with E-state index < -0.39 is 0 Å². The molecule has 0 saturated carbocycles. The molecule has 1 aliphatic heterocycles. The lowest BCUT2D eigenvalue weighted by molar-refractivity contribution is 0.452. The minimum Gasteiger partial charge on any atom is -0.370 e. The summed E-state index contributed by atoms with van der Waals surface area (Å²) >= 11 is 0. The molecule has 0 amide bonds. The van der Waals surface area contributed by atoms with E-state index in [-0.39, 0.29) is 0 Å². The molecule has 0 saturated heterocycles. The summed E-state index contributed by atoms with van der Waals surface area (Å²) in [6.45, 7) is 5.47. The lowest BCUT2D eigenvalue weighted by Gasteiger charge is -2.23. The van der Waals surface area contributed by atoms with Crippen LogP contribution in [-0.2, 0) is 6.42 Å². The number of fused-ring (bicyclic) bond motifs is 1. The van der Waals surface area contributed by atoms with Crippen molar-refractivity contribution < 1.29 is 0 Å². The predicted molar refractivity (Wildman–Crippen MR) is 49.4 cm³/mol. The number of rotatable bonds is 1. The Bertz CT molecular complexity index is 277. The number of anilines is 1. The highest BCUT2D eigenvalue weighted by molar-refractivity contribution is 5.45. The van der Waals surface area contributed by atoms with Crippen molar-refractivity contribution in [1.82, 2.24) is 9.78 Å².